The summed E-state index contributed by atoms with van der Waals surface area (Å²) in [5.74, 6) is 1.07. The number of urea groups is 3. The van der Waals surface area contributed by atoms with Gasteiger partial charge in [-0.15, -0.1) is 0 Å². The molecule has 14 rings (SSSR count). The Bertz CT molecular complexity index is 3900. The Morgan fingerprint density at radius 1 is 0.405 bits per heavy atom. The van der Waals surface area contributed by atoms with E-state index < -0.39 is 54.4 Å². The van der Waals surface area contributed by atoms with Crippen LogP contribution in [0.5, 0.6) is 0 Å². The number of carboxylic acids is 1. The van der Waals surface area contributed by atoms with Crippen molar-refractivity contribution < 1.29 is 57.6 Å². The van der Waals surface area contributed by atoms with E-state index >= 15 is 0 Å². The molecule has 0 bridgehead atoms. The van der Waals surface area contributed by atoms with E-state index in [-0.39, 0.29) is 95.3 Å². The van der Waals surface area contributed by atoms with Gasteiger partial charge in [0.25, 0.3) is 0 Å². The zero-order valence-electron chi connectivity index (χ0n) is 68.8. The maximum absolute atomic E-state index is 14.0. The monoisotopic (exact) mass is 1570 g/mol. The third kappa shape index (κ3) is 16.9. The highest BCUT2D eigenvalue weighted by Crippen LogP contribution is 2.55. The van der Waals surface area contributed by atoms with Gasteiger partial charge in [-0.3, -0.25) is 29.1 Å². The molecule has 0 aromatic heterocycles. The second kappa shape index (κ2) is 31.9. The predicted molar refractivity (Wildman–Crippen MR) is 435 cm³/mol. The van der Waals surface area contributed by atoms with Crippen LogP contribution in [0.3, 0.4) is 0 Å². The summed E-state index contributed by atoms with van der Waals surface area (Å²) >= 11 is 1.90. The van der Waals surface area contributed by atoms with Gasteiger partial charge in [-0.25, -0.2) is 22.8 Å². The summed E-state index contributed by atoms with van der Waals surface area (Å²) in [5.41, 5.74) is -2.38. The molecule has 0 unspecified atom stereocenters. The number of carbonyl (C=O) groups is 6. The molecule has 8 amide bonds. The quantitative estimate of drug-likeness (QED) is 0.0774. The molecule has 5 heterocycles. The average Bonchev–Trinajstić information content (AvgIpc) is 1.61. The largest absolute Gasteiger partial charge is 0.481 e. The number of thioether (sulfide) groups is 1. The maximum Gasteiger partial charge on any atom is 0.320 e. The summed E-state index contributed by atoms with van der Waals surface area (Å²) < 4.78 is 23.8. The molecule has 111 heavy (non-hydrogen) atoms. The first-order valence-electron chi connectivity index (χ1n) is 41.3. The number of amides is 8. The summed E-state index contributed by atoms with van der Waals surface area (Å²) in [6.45, 7) is 16.6. The van der Waals surface area contributed by atoms with Crippen LogP contribution in [0.4, 0.5) is 14.4 Å². The van der Waals surface area contributed by atoms with E-state index in [1.807, 2.05) is 81.0 Å². The van der Waals surface area contributed by atoms with E-state index in [1.54, 1.807) is 23.6 Å². The number of aliphatic carboxylic acids is 1. The summed E-state index contributed by atoms with van der Waals surface area (Å²) in [4.78, 5) is 102. The van der Waals surface area contributed by atoms with Crippen LogP contribution in [-0.4, -0.2) is 302 Å². The maximum atomic E-state index is 14.0. The van der Waals surface area contributed by atoms with E-state index in [4.69, 9.17) is 0 Å². The fourth-order valence-electron chi connectivity index (χ4n) is 20.9. The Morgan fingerprint density at radius 3 is 0.910 bits per heavy atom. The standard InChI is InChI=1S/C30H46N4O5S.C30H46N4O3S.C26H39N3O4/c1-27(2,25(35)32-17-19-40(38,39)20-18-32)21-33-22-28(34(26(33)36)23-29(37)11-8-12-29)13-15-30(16-14-28,31(3)4)24-9-6-5-7-10-24;1-27(2,25(35)32-17-19-38-20-18-32)21-33-22-28(34(26(33)36)23-29(37)11-8-12-29)13-15-30(16-14-28,31(3)4)24-9-6-5-7-10-24;1-23(2,21(30)31)17-28-18-24(29(22(28)32)19-25(33)11-8-12-25)13-15-26(16-14-24,27(3)4)20-9-6-5-7-10-20/h5-7,9-10,37H,8,11-23H2,1-4H3;5-7,9-10,37H,8,11-23H2,1-4H3;5-7,9-10,33H,8,11-19H2,1-4H3,(H,30,31). The van der Waals surface area contributed by atoms with Crippen molar-refractivity contribution in [1.82, 2.24) is 53.9 Å². The summed E-state index contributed by atoms with van der Waals surface area (Å²) in [5, 5.41) is 42.9. The van der Waals surface area contributed by atoms with Crippen LogP contribution in [0.1, 0.15) is 193 Å². The number of hydrogen-bond acceptors (Lipinski definition) is 15. The topological polar surface area (TPSA) is 253 Å². The van der Waals surface area contributed by atoms with Gasteiger partial charge in [-0.1, -0.05) is 91.0 Å². The lowest BCUT2D eigenvalue weighted by Crippen LogP contribution is -2.59. The second-order valence-corrected chi connectivity index (χ2v) is 41.8. The van der Waals surface area contributed by atoms with Crippen LogP contribution in [0.25, 0.3) is 0 Å². The van der Waals surface area contributed by atoms with Gasteiger partial charge in [0.2, 0.25) is 11.8 Å². The van der Waals surface area contributed by atoms with Crippen molar-refractivity contribution in [3.63, 3.8) is 0 Å². The van der Waals surface area contributed by atoms with Gasteiger partial charge in [0, 0.05) is 93.6 Å². The number of aliphatic hydroxyl groups is 3. The first kappa shape index (κ1) is 84.3. The highest BCUT2D eigenvalue weighted by molar-refractivity contribution is 7.99. The zero-order chi connectivity index (χ0) is 80.2. The second-order valence-electron chi connectivity index (χ2n) is 38.3. The molecule has 0 atom stereocenters. The number of carbonyl (C=O) groups excluding carboxylic acids is 5. The van der Waals surface area contributed by atoms with Gasteiger partial charge in [0.05, 0.1) is 80.8 Å². The minimum absolute atomic E-state index is 0.00235. The van der Waals surface area contributed by atoms with Crippen molar-refractivity contribution in [2.45, 2.75) is 226 Å². The van der Waals surface area contributed by atoms with Gasteiger partial charge in [-0.05, 0) is 235 Å². The molecule has 4 N–H and O–H groups in total. The number of benzene rings is 3. The third-order valence-electron chi connectivity index (χ3n) is 28.8. The lowest BCUT2D eigenvalue weighted by molar-refractivity contribution is -0.147. The van der Waals surface area contributed by atoms with Gasteiger partial charge < -0.3 is 59.6 Å². The molecule has 5 aliphatic heterocycles. The SMILES string of the molecule is CN(C)C1(c2ccccc2)CCC2(CC1)CN(CC(C)(C)C(=O)N1CCS(=O)(=O)CC1)C(=O)N2CC1(O)CCC1.CN(C)C1(c2ccccc2)CCC2(CC1)CN(CC(C)(C)C(=O)N1CCSCC1)C(=O)N2CC1(O)CCC1.CN(C)C1(c2ccccc2)CCC2(CC1)CN(CC(C)(C)C(=O)O)C(=O)N2CC1(O)CCC1. The number of nitrogens with zero attached hydrogens (tertiary/aromatic N) is 11. The van der Waals surface area contributed by atoms with Crippen molar-refractivity contribution in [1.29, 1.82) is 0 Å². The molecule has 6 saturated carbocycles. The first-order valence-corrected chi connectivity index (χ1v) is 44.3. The molecule has 0 radical (unpaired) electrons. The molecule has 5 saturated heterocycles. The molecular weight excluding hydrogens is 1440 g/mol. The molecule has 3 aromatic carbocycles. The summed E-state index contributed by atoms with van der Waals surface area (Å²) in [7, 11) is 9.75. The van der Waals surface area contributed by atoms with E-state index in [9.17, 15) is 57.6 Å². The Hall–Kier alpha value is -6.06. The van der Waals surface area contributed by atoms with E-state index in [1.165, 1.54) is 16.7 Å². The number of rotatable bonds is 21. The predicted octanol–water partition coefficient (Wildman–Crippen LogP) is 10.2. The normalized spacial score (nSPS) is 29.8. The minimum atomic E-state index is -3.09. The minimum Gasteiger partial charge on any atom is -0.481 e. The van der Waals surface area contributed by atoms with E-state index in [2.05, 4.69) is 136 Å². The smallest absolute Gasteiger partial charge is 0.320 e. The molecule has 6 aliphatic carbocycles. The van der Waals surface area contributed by atoms with Gasteiger partial charge in [-0.2, -0.15) is 11.8 Å². The van der Waals surface area contributed by atoms with Crippen LogP contribution in [-0.2, 0) is 40.8 Å². The number of sulfone groups is 1. The molecular formula is C86H131N11O12S2. The summed E-state index contributed by atoms with van der Waals surface area (Å²) in [6.07, 6.45) is 17.9. The molecule has 25 heteroatoms. The fraction of sp³-hybridized carbons (Fsp3) is 0.721. The van der Waals surface area contributed by atoms with Gasteiger partial charge in [0.1, 0.15) is 0 Å². The first-order chi connectivity index (χ1) is 52.1. The molecule has 23 nitrogen and oxygen atoms in total. The number of β-amino-alcohol motifs (C(OH)–C–C–N with tert-alkyl or cyclic N) is 3. The number of hydrogen-bond donors (Lipinski definition) is 4. The van der Waals surface area contributed by atoms with Crippen LogP contribution in [0.15, 0.2) is 91.0 Å². The van der Waals surface area contributed by atoms with Crippen molar-refractivity contribution in [2.24, 2.45) is 16.2 Å². The van der Waals surface area contributed by atoms with Crippen LogP contribution < -0.4 is 0 Å². The van der Waals surface area contributed by atoms with E-state index in [0.29, 0.717) is 58.7 Å². The third-order valence-corrected chi connectivity index (χ3v) is 31.4. The Morgan fingerprint density at radius 2 is 0.667 bits per heavy atom. The van der Waals surface area contributed by atoms with E-state index in [0.717, 1.165) is 147 Å². The Kier molecular flexibility index (Phi) is 24.2. The Labute approximate surface area is 666 Å². The molecule has 11 fully saturated rings. The van der Waals surface area contributed by atoms with Gasteiger partial charge in [0.15, 0.2) is 9.84 Å². The molecule has 3 spiro atoms. The number of carboxylic acid groups (broad SMARTS) is 1. The molecule has 3 aromatic rings. The average molecular weight is 1580 g/mol. The highest BCUT2D eigenvalue weighted by Gasteiger charge is 2.62. The summed E-state index contributed by atoms with van der Waals surface area (Å²) in [6, 6.07) is 31.7. The van der Waals surface area contributed by atoms with Crippen molar-refractivity contribution in [3.05, 3.63) is 108 Å². The fourth-order valence-corrected chi connectivity index (χ4v) is 23.0. The molecule has 11 aliphatic rings. The lowest BCUT2D eigenvalue weighted by Gasteiger charge is -2.52. The van der Waals surface area contributed by atoms with Crippen LogP contribution in [0, 0.1) is 16.2 Å². The Balaban J connectivity index is 0.000000155. The van der Waals surface area contributed by atoms with Crippen molar-refractivity contribution in [2.75, 3.05) is 150 Å². The van der Waals surface area contributed by atoms with Crippen LogP contribution in [0.2, 0.25) is 0 Å². The van der Waals surface area contributed by atoms with Crippen molar-refractivity contribution in [3.8, 4) is 0 Å². The molecule has 614 valence electrons. The lowest BCUT2D eigenvalue weighted by atomic mass is 9.67. The van der Waals surface area contributed by atoms with Gasteiger partial charge >= 0.3 is 24.1 Å². The van der Waals surface area contributed by atoms with Crippen LogP contribution >= 0.6 is 11.8 Å². The van der Waals surface area contributed by atoms with Crippen molar-refractivity contribution >= 4 is 57.5 Å². The highest BCUT2D eigenvalue weighted by atomic mass is 32.2. The zero-order valence-corrected chi connectivity index (χ0v) is 70.5.